The Kier molecular flexibility index (Phi) is 3.33. The third kappa shape index (κ3) is 2.14. The quantitative estimate of drug-likeness (QED) is 0.743. The average Bonchev–Trinajstić information content (AvgIpc) is 2.70. The molecule has 0 saturated carbocycles. The van der Waals surface area contributed by atoms with Gasteiger partial charge in [-0.25, -0.2) is 9.97 Å². The van der Waals surface area contributed by atoms with Crippen molar-refractivity contribution in [1.82, 2.24) is 9.97 Å². The van der Waals surface area contributed by atoms with E-state index in [1.807, 2.05) is 6.92 Å². The third-order valence-corrected chi connectivity index (χ3v) is 3.44. The molecule has 2 rings (SSSR count). The van der Waals surface area contributed by atoms with Gasteiger partial charge >= 0.3 is 0 Å². The Balaban J connectivity index is 2.32. The molecular formula is C12H18ClN3. The molecule has 0 spiro atoms. The van der Waals surface area contributed by atoms with E-state index in [0.717, 1.165) is 17.9 Å². The number of hydrogen-bond acceptors (Lipinski definition) is 3. The Morgan fingerprint density at radius 2 is 2.25 bits per heavy atom. The lowest BCUT2D eigenvalue weighted by Gasteiger charge is -2.29. The van der Waals surface area contributed by atoms with Crippen molar-refractivity contribution in [3.8, 4) is 0 Å². The first-order valence-corrected chi connectivity index (χ1v) is 6.23. The number of aryl methyl sites for hydroxylation is 1. The summed E-state index contributed by atoms with van der Waals surface area (Å²) in [6.45, 7) is 7.65. The Morgan fingerprint density at radius 1 is 1.50 bits per heavy atom. The number of aromatic nitrogens is 2. The predicted octanol–water partition coefficient (Wildman–Crippen LogP) is 3.06. The van der Waals surface area contributed by atoms with E-state index in [0.29, 0.717) is 17.2 Å². The Morgan fingerprint density at radius 3 is 2.94 bits per heavy atom. The average molecular weight is 240 g/mol. The number of rotatable bonds is 2. The fraction of sp³-hybridized carbons (Fsp3) is 0.667. The highest BCUT2D eigenvalue weighted by atomic mass is 35.5. The predicted molar refractivity (Wildman–Crippen MR) is 67.0 cm³/mol. The normalized spacial score (nSPS) is 20.8. The van der Waals surface area contributed by atoms with Crippen molar-refractivity contribution in [1.29, 1.82) is 0 Å². The van der Waals surface area contributed by atoms with Gasteiger partial charge in [0.25, 0.3) is 0 Å². The van der Waals surface area contributed by atoms with E-state index in [4.69, 9.17) is 11.6 Å². The van der Waals surface area contributed by atoms with E-state index in [1.165, 1.54) is 12.8 Å². The van der Waals surface area contributed by atoms with Crippen LogP contribution < -0.4 is 4.90 Å². The molecule has 1 aromatic rings. The van der Waals surface area contributed by atoms with Crippen molar-refractivity contribution in [2.75, 3.05) is 11.4 Å². The van der Waals surface area contributed by atoms with Crippen LogP contribution in [0.3, 0.4) is 0 Å². The third-order valence-electron chi connectivity index (χ3n) is 3.26. The maximum Gasteiger partial charge on any atom is 0.224 e. The zero-order valence-corrected chi connectivity index (χ0v) is 10.8. The lowest BCUT2D eigenvalue weighted by molar-refractivity contribution is 0.489. The number of nitrogens with zero attached hydrogens (tertiary/aromatic N) is 3. The maximum absolute atomic E-state index is 5.87. The largest absolute Gasteiger partial charge is 0.353 e. The molecule has 0 aromatic carbocycles. The first-order chi connectivity index (χ1) is 7.59. The van der Waals surface area contributed by atoms with Gasteiger partial charge in [-0.2, -0.15) is 0 Å². The van der Waals surface area contributed by atoms with Crippen LogP contribution in [0.1, 0.15) is 32.3 Å². The summed E-state index contributed by atoms with van der Waals surface area (Å²) in [7, 11) is 0. The van der Waals surface area contributed by atoms with Crippen LogP contribution in [-0.4, -0.2) is 22.6 Å². The highest BCUT2D eigenvalue weighted by Crippen LogP contribution is 2.30. The minimum absolute atomic E-state index is 0.343. The number of anilines is 1. The van der Waals surface area contributed by atoms with Gasteiger partial charge in [0.15, 0.2) is 0 Å². The summed E-state index contributed by atoms with van der Waals surface area (Å²) in [6, 6.07) is 0.588. The van der Waals surface area contributed by atoms with Gasteiger partial charge < -0.3 is 4.90 Å². The van der Waals surface area contributed by atoms with Crippen molar-refractivity contribution in [3.63, 3.8) is 0 Å². The van der Waals surface area contributed by atoms with Gasteiger partial charge in [-0.3, -0.25) is 0 Å². The van der Waals surface area contributed by atoms with E-state index in [1.54, 1.807) is 6.20 Å². The van der Waals surface area contributed by atoms with Gasteiger partial charge in [-0.05, 0) is 37.3 Å². The summed E-state index contributed by atoms with van der Waals surface area (Å²) in [6.07, 6.45) is 4.29. The second-order valence-electron chi connectivity index (χ2n) is 4.79. The van der Waals surface area contributed by atoms with Gasteiger partial charge in [0.1, 0.15) is 5.82 Å². The van der Waals surface area contributed by atoms with Crippen LogP contribution in [0.25, 0.3) is 0 Å². The number of halogens is 1. The van der Waals surface area contributed by atoms with E-state index in [2.05, 4.69) is 28.7 Å². The van der Waals surface area contributed by atoms with Crippen LogP contribution in [0.5, 0.6) is 0 Å². The summed E-state index contributed by atoms with van der Waals surface area (Å²) < 4.78 is 0. The SMILES string of the molecule is Cc1cnc(Cl)nc1N1CCCC1C(C)C. The van der Waals surface area contributed by atoms with E-state index in [-0.39, 0.29) is 0 Å². The topological polar surface area (TPSA) is 29.0 Å². The molecule has 1 saturated heterocycles. The van der Waals surface area contributed by atoms with Crippen LogP contribution >= 0.6 is 11.6 Å². The number of hydrogen-bond donors (Lipinski definition) is 0. The minimum atomic E-state index is 0.343. The van der Waals surface area contributed by atoms with Crippen molar-refractivity contribution in [2.45, 2.75) is 39.7 Å². The Hall–Kier alpha value is -0.830. The minimum Gasteiger partial charge on any atom is -0.353 e. The molecule has 88 valence electrons. The molecule has 0 amide bonds. The first kappa shape index (κ1) is 11.6. The van der Waals surface area contributed by atoms with Crippen LogP contribution in [0, 0.1) is 12.8 Å². The van der Waals surface area contributed by atoms with Crippen molar-refractivity contribution in [3.05, 3.63) is 17.0 Å². The summed E-state index contributed by atoms with van der Waals surface area (Å²) in [4.78, 5) is 10.8. The highest BCUT2D eigenvalue weighted by Gasteiger charge is 2.29. The smallest absolute Gasteiger partial charge is 0.224 e. The molecule has 0 radical (unpaired) electrons. The second kappa shape index (κ2) is 4.58. The van der Waals surface area contributed by atoms with Gasteiger partial charge in [0, 0.05) is 24.3 Å². The van der Waals surface area contributed by atoms with Gasteiger partial charge in [-0.15, -0.1) is 0 Å². The lowest BCUT2D eigenvalue weighted by atomic mass is 10.0. The van der Waals surface area contributed by atoms with Crippen molar-refractivity contribution in [2.24, 2.45) is 5.92 Å². The molecule has 0 N–H and O–H groups in total. The fourth-order valence-electron chi connectivity index (χ4n) is 2.45. The summed E-state index contributed by atoms with van der Waals surface area (Å²) in [5, 5.41) is 0.343. The molecule has 1 aliphatic rings. The molecule has 1 aromatic heterocycles. The second-order valence-corrected chi connectivity index (χ2v) is 5.13. The van der Waals surface area contributed by atoms with Gasteiger partial charge in [0.2, 0.25) is 5.28 Å². The molecule has 1 fully saturated rings. The molecule has 0 aliphatic carbocycles. The highest BCUT2D eigenvalue weighted by molar-refractivity contribution is 6.28. The molecule has 0 bridgehead atoms. The van der Waals surface area contributed by atoms with Crippen LogP contribution in [0.2, 0.25) is 5.28 Å². The maximum atomic E-state index is 5.87. The van der Waals surface area contributed by atoms with E-state index < -0.39 is 0 Å². The van der Waals surface area contributed by atoms with Crippen LogP contribution in [0.15, 0.2) is 6.20 Å². The van der Waals surface area contributed by atoms with E-state index in [9.17, 15) is 0 Å². The van der Waals surface area contributed by atoms with Crippen LogP contribution in [0.4, 0.5) is 5.82 Å². The standard InChI is InChI=1S/C12H18ClN3/c1-8(2)10-5-4-6-16(10)11-9(3)7-14-12(13)15-11/h7-8,10H,4-6H2,1-3H3. The first-order valence-electron chi connectivity index (χ1n) is 5.85. The van der Waals surface area contributed by atoms with Gasteiger partial charge in [0.05, 0.1) is 0 Å². The van der Waals surface area contributed by atoms with Crippen molar-refractivity contribution >= 4 is 17.4 Å². The van der Waals surface area contributed by atoms with E-state index >= 15 is 0 Å². The Bertz CT molecular complexity index is 379. The molecule has 1 atom stereocenters. The monoisotopic (exact) mass is 239 g/mol. The van der Waals surface area contributed by atoms with Gasteiger partial charge in [-0.1, -0.05) is 13.8 Å². The summed E-state index contributed by atoms with van der Waals surface area (Å²) >= 11 is 5.87. The zero-order valence-electron chi connectivity index (χ0n) is 10.1. The summed E-state index contributed by atoms with van der Waals surface area (Å²) in [5.41, 5.74) is 1.11. The molecule has 4 heteroatoms. The van der Waals surface area contributed by atoms with Crippen molar-refractivity contribution < 1.29 is 0 Å². The molecular weight excluding hydrogens is 222 g/mol. The molecule has 3 nitrogen and oxygen atoms in total. The fourth-order valence-corrected chi connectivity index (χ4v) is 2.58. The zero-order chi connectivity index (χ0) is 11.7. The molecule has 2 heterocycles. The molecule has 16 heavy (non-hydrogen) atoms. The summed E-state index contributed by atoms with van der Waals surface area (Å²) in [5.74, 6) is 1.66. The molecule has 1 aliphatic heterocycles. The van der Waals surface area contributed by atoms with Crippen LogP contribution in [-0.2, 0) is 0 Å². The lowest BCUT2D eigenvalue weighted by Crippen LogP contribution is -2.34. The molecule has 1 unspecified atom stereocenters. The Labute approximate surface area is 102 Å².